The third-order valence-corrected chi connectivity index (χ3v) is 5.87. The van der Waals surface area contributed by atoms with Gasteiger partial charge in [0.25, 0.3) is 0 Å². The van der Waals surface area contributed by atoms with Crippen molar-refractivity contribution in [3.05, 3.63) is 0 Å². The van der Waals surface area contributed by atoms with Gasteiger partial charge < -0.3 is 4.74 Å². The molecule has 1 atom stereocenters. The van der Waals surface area contributed by atoms with Gasteiger partial charge in [-0.2, -0.15) is 0 Å². The number of ketones is 1. The molecule has 3 nitrogen and oxygen atoms in total. The Hall–Kier alpha value is -0.410. The summed E-state index contributed by atoms with van der Waals surface area (Å²) in [5.74, 6) is 0.763. The van der Waals surface area contributed by atoms with E-state index in [4.69, 9.17) is 4.74 Å². The molecule has 1 unspecified atom stereocenters. The quantitative estimate of drug-likeness (QED) is 0.786. The molecule has 2 aliphatic carbocycles. The Bertz CT molecular complexity index is 354. The van der Waals surface area contributed by atoms with Gasteiger partial charge in [-0.25, -0.2) is 0 Å². The average Bonchev–Trinajstić information content (AvgIpc) is 2.87. The highest BCUT2D eigenvalue weighted by Crippen LogP contribution is 2.47. The van der Waals surface area contributed by atoms with E-state index in [1.807, 2.05) is 0 Å². The zero-order valence-corrected chi connectivity index (χ0v) is 12.4. The first kappa shape index (κ1) is 13.6. The lowest BCUT2D eigenvalue weighted by Crippen LogP contribution is -2.55. The lowest BCUT2D eigenvalue weighted by molar-refractivity contribution is -0.161. The molecule has 1 spiro atoms. The number of nitrogens with zero attached hydrogens (tertiary/aromatic N) is 1. The number of hydrogen-bond acceptors (Lipinski definition) is 3. The number of Topliss-reactive ketones (excluding diaryl/α,β-unsaturated/α-hetero) is 1. The minimum Gasteiger partial charge on any atom is -0.375 e. The Morgan fingerprint density at radius 2 is 1.79 bits per heavy atom. The fraction of sp³-hybridized carbons (Fsp3) is 0.938. The minimum atomic E-state index is -0.160. The summed E-state index contributed by atoms with van der Waals surface area (Å²) in [4.78, 5) is 15.3. The molecule has 1 saturated heterocycles. The Kier molecular flexibility index (Phi) is 3.46. The fourth-order valence-electron chi connectivity index (χ4n) is 4.42. The highest BCUT2D eigenvalue weighted by Gasteiger charge is 2.50. The lowest BCUT2D eigenvalue weighted by atomic mass is 9.68. The fourth-order valence-corrected chi connectivity index (χ4v) is 4.42. The second-order valence-electron chi connectivity index (χ2n) is 7.07. The smallest absolute Gasteiger partial charge is 0.156 e. The van der Waals surface area contributed by atoms with Gasteiger partial charge in [0.05, 0.1) is 11.1 Å². The molecule has 0 aromatic heterocycles. The van der Waals surface area contributed by atoms with Crippen LogP contribution >= 0.6 is 0 Å². The van der Waals surface area contributed by atoms with Crippen LogP contribution in [0.15, 0.2) is 0 Å². The molecule has 1 aliphatic heterocycles. The van der Waals surface area contributed by atoms with Crippen LogP contribution in [0, 0.1) is 5.92 Å². The van der Waals surface area contributed by atoms with E-state index >= 15 is 0 Å². The monoisotopic (exact) mass is 265 g/mol. The van der Waals surface area contributed by atoms with Crippen LogP contribution in [0.3, 0.4) is 0 Å². The summed E-state index contributed by atoms with van der Waals surface area (Å²) < 4.78 is 5.97. The van der Waals surface area contributed by atoms with E-state index in [2.05, 4.69) is 19.0 Å². The molecule has 0 aromatic carbocycles. The maximum atomic E-state index is 13.1. The molecular weight excluding hydrogens is 238 g/mol. The van der Waals surface area contributed by atoms with Crippen LogP contribution < -0.4 is 0 Å². The predicted molar refractivity (Wildman–Crippen MR) is 75.2 cm³/mol. The SMILES string of the molecule is CN(C)C1(C(=O)C2CCOC3(CCC3)C2)CCCC1. The number of hydrogen-bond donors (Lipinski definition) is 0. The van der Waals surface area contributed by atoms with Gasteiger partial charge in [-0.3, -0.25) is 9.69 Å². The first-order chi connectivity index (χ1) is 9.08. The molecule has 3 rings (SSSR count). The van der Waals surface area contributed by atoms with Crippen molar-refractivity contribution in [2.24, 2.45) is 5.92 Å². The topological polar surface area (TPSA) is 29.5 Å². The van der Waals surface area contributed by atoms with Crippen molar-refractivity contribution >= 4 is 5.78 Å². The molecule has 108 valence electrons. The molecular formula is C16H27NO2. The van der Waals surface area contributed by atoms with E-state index in [1.165, 1.54) is 32.1 Å². The zero-order chi connectivity index (χ0) is 13.5. The van der Waals surface area contributed by atoms with E-state index in [0.29, 0.717) is 5.78 Å². The normalized spacial score (nSPS) is 32.5. The van der Waals surface area contributed by atoms with Gasteiger partial charge in [-0.05, 0) is 59.0 Å². The van der Waals surface area contributed by atoms with Crippen molar-refractivity contribution < 1.29 is 9.53 Å². The summed E-state index contributed by atoms with van der Waals surface area (Å²) in [7, 11) is 4.17. The maximum absolute atomic E-state index is 13.1. The van der Waals surface area contributed by atoms with Crippen molar-refractivity contribution in [2.75, 3.05) is 20.7 Å². The Labute approximate surface area is 116 Å². The molecule has 0 bridgehead atoms. The number of ether oxygens (including phenoxy) is 1. The first-order valence-corrected chi connectivity index (χ1v) is 7.94. The van der Waals surface area contributed by atoms with Crippen LogP contribution in [0.2, 0.25) is 0 Å². The van der Waals surface area contributed by atoms with Crippen LogP contribution in [-0.4, -0.2) is 42.5 Å². The molecule has 3 aliphatic rings. The van der Waals surface area contributed by atoms with Crippen LogP contribution in [0.4, 0.5) is 0 Å². The third-order valence-electron chi connectivity index (χ3n) is 5.87. The Balaban J connectivity index is 1.75. The Morgan fingerprint density at radius 1 is 1.11 bits per heavy atom. The molecule has 19 heavy (non-hydrogen) atoms. The van der Waals surface area contributed by atoms with Crippen LogP contribution in [0.1, 0.15) is 57.8 Å². The number of carbonyl (C=O) groups is 1. The summed E-state index contributed by atoms with van der Waals surface area (Å²) in [5.41, 5.74) is -0.0718. The van der Waals surface area contributed by atoms with Crippen molar-refractivity contribution in [1.82, 2.24) is 4.90 Å². The van der Waals surface area contributed by atoms with Crippen molar-refractivity contribution in [2.45, 2.75) is 68.9 Å². The molecule has 0 amide bonds. The standard InChI is InChI=1S/C16H27NO2/c1-17(2)16(9-3-4-10-16)14(18)13-6-11-19-15(12-13)7-5-8-15/h13H,3-12H2,1-2H3. The summed E-state index contributed by atoms with van der Waals surface area (Å²) in [6.07, 6.45) is 10.1. The van der Waals surface area contributed by atoms with Gasteiger partial charge in [0.1, 0.15) is 0 Å². The van der Waals surface area contributed by atoms with Gasteiger partial charge in [0, 0.05) is 12.5 Å². The molecule has 0 aromatic rings. The zero-order valence-electron chi connectivity index (χ0n) is 12.4. The minimum absolute atomic E-state index is 0.0880. The second-order valence-corrected chi connectivity index (χ2v) is 7.07. The van der Waals surface area contributed by atoms with Crippen LogP contribution in [0.5, 0.6) is 0 Å². The summed E-state index contributed by atoms with van der Waals surface area (Å²) in [6, 6.07) is 0. The second kappa shape index (κ2) is 4.85. The maximum Gasteiger partial charge on any atom is 0.156 e. The molecule has 3 heteroatoms. The van der Waals surface area contributed by atoms with Crippen LogP contribution in [-0.2, 0) is 9.53 Å². The van der Waals surface area contributed by atoms with Gasteiger partial charge >= 0.3 is 0 Å². The highest BCUT2D eigenvalue weighted by atomic mass is 16.5. The highest BCUT2D eigenvalue weighted by molar-refractivity contribution is 5.91. The van der Waals surface area contributed by atoms with Gasteiger partial charge in [0.2, 0.25) is 0 Å². The van der Waals surface area contributed by atoms with Crippen molar-refractivity contribution in [3.63, 3.8) is 0 Å². The average molecular weight is 265 g/mol. The van der Waals surface area contributed by atoms with E-state index in [0.717, 1.165) is 32.3 Å². The Morgan fingerprint density at radius 3 is 2.32 bits per heavy atom. The number of rotatable bonds is 3. The molecule has 0 radical (unpaired) electrons. The molecule has 2 saturated carbocycles. The largest absolute Gasteiger partial charge is 0.375 e. The lowest BCUT2D eigenvalue weighted by Gasteiger charge is -2.48. The van der Waals surface area contributed by atoms with E-state index in [1.54, 1.807) is 0 Å². The van der Waals surface area contributed by atoms with Gasteiger partial charge in [-0.1, -0.05) is 12.8 Å². The van der Waals surface area contributed by atoms with Crippen molar-refractivity contribution in [1.29, 1.82) is 0 Å². The molecule has 0 N–H and O–H groups in total. The first-order valence-electron chi connectivity index (χ1n) is 7.94. The predicted octanol–water partition coefficient (Wildman–Crippen LogP) is 2.78. The van der Waals surface area contributed by atoms with E-state index in [-0.39, 0.29) is 17.1 Å². The van der Waals surface area contributed by atoms with E-state index < -0.39 is 0 Å². The van der Waals surface area contributed by atoms with E-state index in [9.17, 15) is 4.79 Å². The summed E-state index contributed by atoms with van der Waals surface area (Å²) >= 11 is 0. The summed E-state index contributed by atoms with van der Waals surface area (Å²) in [5, 5.41) is 0. The number of likely N-dealkylation sites (N-methyl/N-ethyl adjacent to an activating group) is 1. The molecule has 1 heterocycles. The summed E-state index contributed by atoms with van der Waals surface area (Å²) in [6.45, 7) is 0.792. The van der Waals surface area contributed by atoms with Crippen LogP contribution in [0.25, 0.3) is 0 Å². The van der Waals surface area contributed by atoms with Gasteiger partial charge in [-0.15, -0.1) is 0 Å². The number of carbonyl (C=O) groups excluding carboxylic acids is 1. The van der Waals surface area contributed by atoms with Crippen molar-refractivity contribution in [3.8, 4) is 0 Å². The molecule has 3 fully saturated rings. The third kappa shape index (κ3) is 2.15. The van der Waals surface area contributed by atoms with Gasteiger partial charge in [0.15, 0.2) is 5.78 Å².